The average Bonchev–Trinajstić information content (AvgIpc) is 2.44. The molecule has 128 valence electrons. The summed E-state index contributed by atoms with van der Waals surface area (Å²) in [6, 6.07) is 1.68. The number of hydrogen-bond acceptors (Lipinski definition) is 3. The Morgan fingerprint density at radius 1 is 1.29 bits per heavy atom. The van der Waals surface area contributed by atoms with Gasteiger partial charge in [0.1, 0.15) is 0 Å². The van der Waals surface area contributed by atoms with Gasteiger partial charge in [-0.15, -0.1) is 0 Å². The summed E-state index contributed by atoms with van der Waals surface area (Å²) in [7, 11) is 0. The molecule has 0 aliphatic heterocycles. The molecule has 5 rings (SSSR count). The number of hydrogen-bond donors (Lipinski definition) is 2. The van der Waals surface area contributed by atoms with Crippen LogP contribution in [0.15, 0.2) is 12.3 Å². The van der Waals surface area contributed by atoms with Crippen molar-refractivity contribution in [2.45, 2.75) is 51.0 Å². The molecule has 0 radical (unpaired) electrons. The summed E-state index contributed by atoms with van der Waals surface area (Å²) in [6.45, 7) is 1.82. The van der Waals surface area contributed by atoms with Crippen LogP contribution in [0.25, 0.3) is 0 Å². The highest BCUT2D eigenvalue weighted by Gasteiger charge is 2.61. The standard InChI is InChI=1S/C18H21ClN2O3/c1-10-2-14(19)13(8-20-10)15(22)21-18-6-11-3-12(7-18)5-17(4-11,9-18)16(23)24/h2,8,11-12H,3-7,9H2,1H3,(H,21,22)(H,23,24). The molecule has 24 heavy (non-hydrogen) atoms. The van der Waals surface area contributed by atoms with Crippen molar-refractivity contribution in [3.63, 3.8) is 0 Å². The van der Waals surface area contributed by atoms with Gasteiger partial charge < -0.3 is 10.4 Å². The molecule has 0 saturated heterocycles. The minimum absolute atomic E-state index is 0.241. The molecule has 2 atom stereocenters. The predicted octanol–water partition coefficient (Wildman–Crippen LogP) is 3.20. The van der Waals surface area contributed by atoms with Crippen molar-refractivity contribution in [3.8, 4) is 0 Å². The molecular weight excluding hydrogens is 328 g/mol. The number of nitrogens with zero attached hydrogens (tertiary/aromatic N) is 1. The number of carbonyl (C=O) groups excluding carboxylic acids is 1. The van der Waals surface area contributed by atoms with E-state index in [0.29, 0.717) is 28.8 Å². The summed E-state index contributed by atoms with van der Waals surface area (Å²) >= 11 is 6.19. The Morgan fingerprint density at radius 3 is 2.54 bits per heavy atom. The Balaban J connectivity index is 1.62. The van der Waals surface area contributed by atoms with Gasteiger partial charge in [0.25, 0.3) is 5.91 Å². The molecule has 1 aromatic heterocycles. The summed E-state index contributed by atoms with van der Waals surface area (Å²) < 4.78 is 0. The zero-order chi connectivity index (χ0) is 17.1. The third-order valence-corrected chi connectivity index (χ3v) is 6.44. The molecule has 0 spiro atoms. The van der Waals surface area contributed by atoms with Gasteiger partial charge in [0.15, 0.2) is 0 Å². The fraction of sp³-hybridized carbons (Fsp3) is 0.611. The molecule has 2 N–H and O–H groups in total. The number of aliphatic carboxylic acids is 1. The SMILES string of the molecule is Cc1cc(Cl)c(C(=O)NC23CC4CC(C2)CC(C(=O)O)(C4)C3)cn1. The molecule has 4 fully saturated rings. The van der Waals surface area contributed by atoms with Crippen LogP contribution in [0.5, 0.6) is 0 Å². The summed E-state index contributed by atoms with van der Waals surface area (Å²) in [4.78, 5) is 28.8. The van der Waals surface area contributed by atoms with Crippen molar-refractivity contribution in [2.24, 2.45) is 17.3 Å². The van der Waals surface area contributed by atoms with E-state index >= 15 is 0 Å². The first-order valence-electron chi connectivity index (χ1n) is 8.49. The summed E-state index contributed by atoms with van der Waals surface area (Å²) in [5.74, 6) is -0.149. The number of carboxylic acid groups (broad SMARTS) is 1. The van der Waals surface area contributed by atoms with E-state index in [1.54, 1.807) is 6.07 Å². The molecule has 5 nitrogen and oxygen atoms in total. The van der Waals surface area contributed by atoms with Crippen LogP contribution in [-0.2, 0) is 4.79 Å². The Hall–Kier alpha value is -1.62. The van der Waals surface area contributed by atoms with Crippen LogP contribution in [0.3, 0.4) is 0 Å². The van der Waals surface area contributed by atoms with E-state index in [4.69, 9.17) is 11.6 Å². The zero-order valence-corrected chi connectivity index (χ0v) is 14.4. The van der Waals surface area contributed by atoms with Crippen LogP contribution in [-0.4, -0.2) is 27.5 Å². The molecule has 1 heterocycles. The number of aryl methyl sites for hydroxylation is 1. The van der Waals surface area contributed by atoms with E-state index in [2.05, 4.69) is 10.3 Å². The predicted molar refractivity (Wildman–Crippen MR) is 88.9 cm³/mol. The third kappa shape index (κ3) is 2.41. The average molecular weight is 349 g/mol. The largest absolute Gasteiger partial charge is 0.481 e. The number of amides is 1. The van der Waals surface area contributed by atoms with E-state index in [1.807, 2.05) is 6.92 Å². The van der Waals surface area contributed by atoms with Gasteiger partial charge in [-0.2, -0.15) is 0 Å². The normalized spacial score (nSPS) is 36.6. The highest BCUT2D eigenvalue weighted by molar-refractivity contribution is 6.33. The number of aromatic nitrogens is 1. The molecule has 4 saturated carbocycles. The Kier molecular flexibility index (Phi) is 3.43. The highest BCUT2D eigenvalue weighted by Crippen LogP contribution is 2.61. The molecular formula is C18H21ClN2O3. The number of pyridine rings is 1. The number of carbonyl (C=O) groups is 2. The maximum atomic E-state index is 12.8. The first-order chi connectivity index (χ1) is 11.3. The second kappa shape index (κ2) is 5.19. The van der Waals surface area contributed by atoms with Crippen LogP contribution in [0.1, 0.15) is 54.6 Å². The zero-order valence-electron chi connectivity index (χ0n) is 13.6. The van der Waals surface area contributed by atoms with Crippen LogP contribution >= 0.6 is 11.6 Å². The van der Waals surface area contributed by atoms with Crippen LogP contribution in [0, 0.1) is 24.2 Å². The number of nitrogens with one attached hydrogen (secondary N) is 1. The quantitative estimate of drug-likeness (QED) is 0.879. The third-order valence-electron chi connectivity index (χ3n) is 6.13. The highest BCUT2D eigenvalue weighted by atomic mass is 35.5. The fourth-order valence-corrected chi connectivity index (χ4v) is 5.95. The molecule has 1 amide bonds. The fourth-order valence-electron chi connectivity index (χ4n) is 5.66. The van der Waals surface area contributed by atoms with Gasteiger partial charge in [-0.05, 0) is 63.4 Å². The van der Waals surface area contributed by atoms with Crippen LogP contribution in [0.4, 0.5) is 0 Å². The van der Waals surface area contributed by atoms with E-state index in [1.165, 1.54) is 6.20 Å². The van der Waals surface area contributed by atoms with Gasteiger partial charge >= 0.3 is 5.97 Å². The maximum Gasteiger partial charge on any atom is 0.309 e. The summed E-state index contributed by atoms with van der Waals surface area (Å²) in [5.41, 5.74) is 0.0547. The lowest BCUT2D eigenvalue weighted by atomic mass is 9.47. The van der Waals surface area contributed by atoms with Gasteiger partial charge in [0.05, 0.1) is 16.0 Å². The van der Waals surface area contributed by atoms with E-state index < -0.39 is 16.9 Å². The van der Waals surface area contributed by atoms with Crippen molar-refractivity contribution < 1.29 is 14.7 Å². The van der Waals surface area contributed by atoms with Crippen molar-refractivity contribution in [2.75, 3.05) is 0 Å². The lowest BCUT2D eigenvalue weighted by molar-refractivity contribution is -0.167. The lowest BCUT2D eigenvalue weighted by Gasteiger charge is -2.60. The topological polar surface area (TPSA) is 79.3 Å². The van der Waals surface area contributed by atoms with Crippen LogP contribution in [0.2, 0.25) is 5.02 Å². The first kappa shape index (κ1) is 15.9. The molecule has 0 aromatic carbocycles. The van der Waals surface area contributed by atoms with Crippen LogP contribution < -0.4 is 5.32 Å². The molecule has 1 aromatic rings. The summed E-state index contributed by atoms with van der Waals surface area (Å²) in [5, 5.41) is 13.3. The van der Waals surface area contributed by atoms with Gasteiger partial charge in [0, 0.05) is 17.4 Å². The minimum atomic E-state index is -0.703. The smallest absolute Gasteiger partial charge is 0.309 e. The number of rotatable bonds is 3. The van der Waals surface area contributed by atoms with Gasteiger partial charge in [-0.3, -0.25) is 14.6 Å². The first-order valence-corrected chi connectivity index (χ1v) is 8.87. The molecule has 2 unspecified atom stereocenters. The van der Waals surface area contributed by atoms with Crippen molar-refractivity contribution >= 4 is 23.5 Å². The van der Waals surface area contributed by atoms with E-state index in [0.717, 1.165) is 37.8 Å². The lowest BCUT2D eigenvalue weighted by Crippen LogP contribution is -2.64. The molecule has 4 bridgehead atoms. The van der Waals surface area contributed by atoms with Crippen molar-refractivity contribution in [1.82, 2.24) is 10.3 Å². The van der Waals surface area contributed by atoms with Crippen molar-refractivity contribution in [3.05, 3.63) is 28.5 Å². The number of halogens is 1. The Morgan fingerprint density at radius 2 is 1.96 bits per heavy atom. The molecule has 6 heteroatoms. The van der Waals surface area contributed by atoms with Gasteiger partial charge in [-0.25, -0.2) is 0 Å². The second-order valence-corrected chi connectivity index (χ2v) is 8.49. The molecule has 4 aliphatic rings. The van der Waals surface area contributed by atoms with Gasteiger partial charge in [0.2, 0.25) is 0 Å². The minimum Gasteiger partial charge on any atom is -0.481 e. The summed E-state index contributed by atoms with van der Waals surface area (Å²) in [6.07, 6.45) is 6.39. The maximum absolute atomic E-state index is 12.8. The Labute approximate surface area is 145 Å². The van der Waals surface area contributed by atoms with Crippen molar-refractivity contribution in [1.29, 1.82) is 0 Å². The monoisotopic (exact) mass is 348 g/mol. The van der Waals surface area contributed by atoms with E-state index in [9.17, 15) is 14.7 Å². The van der Waals surface area contributed by atoms with E-state index in [-0.39, 0.29) is 5.91 Å². The number of carboxylic acids is 1. The van der Waals surface area contributed by atoms with Gasteiger partial charge in [-0.1, -0.05) is 11.6 Å². The second-order valence-electron chi connectivity index (χ2n) is 8.09. The molecule has 4 aliphatic carbocycles. The Bertz CT molecular complexity index is 719.